The third-order valence-corrected chi connectivity index (χ3v) is 3.54. The lowest BCUT2D eigenvalue weighted by Gasteiger charge is -2.23. The average Bonchev–Trinajstić information content (AvgIpc) is 2.39. The molecular formula is C14H20BrN3O2. The molecular weight excluding hydrogens is 322 g/mol. The number of hydrogen-bond donors (Lipinski definition) is 2. The van der Waals surface area contributed by atoms with E-state index in [-0.39, 0.29) is 11.8 Å². The first-order valence-corrected chi connectivity index (χ1v) is 7.34. The van der Waals surface area contributed by atoms with Crippen LogP contribution in [0, 0.1) is 0 Å². The number of amides is 2. The number of hydrogen-bond acceptors (Lipinski definition) is 3. The van der Waals surface area contributed by atoms with Crippen molar-refractivity contribution in [3.63, 3.8) is 0 Å². The number of nitrogens with zero attached hydrogens (tertiary/aromatic N) is 1. The summed E-state index contributed by atoms with van der Waals surface area (Å²) in [6.45, 7) is 6.73. The minimum atomic E-state index is -0.578. The van der Waals surface area contributed by atoms with E-state index in [1.807, 2.05) is 13.8 Å². The van der Waals surface area contributed by atoms with Gasteiger partial charge in [-0.15, -0.1) is 0 Å². The zero-order valence-corrected chi connectivity index (χ0v) is 13.5. The van der Waals surface area contributed by atoms with E-state index < -0.39 is 6.04 Å². The Hall–Kier alpha value is -1.56. The highest BCUT2D eigenvalue weighted by atomic mass is 79.9. The van der Waals surface area contributed by atoms with Crippen molar-refractivity contribution in [1.82, 2.24) is 10.2 Å². The van der Waals surface area contributed by atoms with Crippen molar-refractivity contribution >= 4 is 33.4 Å². The lowest BCUT2D eigenvalue weighted by molar-refractivity contribution is -0.132. The van der Waals surface area contributed by atoms with Crippen molar-refractivity contribution in [3.05, 3.63) is 28.2 Å². The van der Waals surface area contributed by atoms with E-state index in [1.165, 1.54) is 0 Å². The molecule has 0 aliphatic carbocycles. The molecule has 1 atom stereocenters. The third-order valence-electron chi connectivity index (χ3n) is 3.05. The Bertz CT molecular complexity index is 501. The van der Waals surface area contributed by atoms with Crippen molar-refractivity contribution in [2.75, 3.05) is 18.8 Å². The molecule has 20 heavy (non-hydrogen) atoms. The molecule has 3 N–H and O–H groups in total. The summed E-state index contributed by atoms with van der Waals surface area (Å²) < 4.78 is 0.804. The summed E-state index contributed by atoms with van der Waals surface area (Å²) in [6, 6.07) is 4.45. The normalized spacial score (nSPS) is 11.8. The van der Waals surface area contributed by atoms with Crippen LogP contribution in [-0.2, 0) is 4.79 Å². The molecule has 0 aromatic heterocycles. The van der Waals surface area contributed by atoms with E-state index in [0.29, 0.717) is 24.3 Å². The Morgan fingerprint density at radius 3 is 2.45 bits per heavy atom. The summed E-state index contributed by atoms with van der Waals surface area (Å²) in [5, 5.41) is 2.68. The minimum absolute atomic E-state index is 0.0981. The largest absolute Gasteiger partial charge is 0.398 e. The second-order valence-electron chi connectivity index (χ2n) is 4.44. The highest BCUT2D eigenvalue weighted by molar-refractivity contribution is 9.10. The monoisotopic (exact) mass is 341 g/mol. The maximum absolute atomic E-state index is 12.1. The van der Waals surface area contributed by atoms with E-state index in [4.69, 9.17) is 5.73 Å². The molecule has 1 unspecified atom stereocenters. The number of nitrogens with two attached hydrogens (primary N) is 1. The number of nitrogens with one attached hydrogen (secondary N) is 1. The highest BCUT2D eigenvalue weighted by Crippen LogP contribution is 2.18. The van der Waals surface area contributed by atoms with Crippen LogP contribution in [-0.4, -0.2) is 35.8 Å². The van der Waals surface area contributed by atoms with Gasteiger partial charge in [0.1, 0.15) is 6.04 Å². The molecule has 0 saturated carbocycles. The molecule has 2 amide bonds. The van der Waals surface area contributed by atoms with Crippen molar-refractivity contribution in [2.24, 2.45) is 0 Å². The zero-order chi connectivity index (χ0) is 15.3. The van der Waals surface area contributed by atoms with Gasteiger partial charge >= 0.3 is 0 Å². The smallest absolute Gasteiger partial charge is 0.254 e. The summed E-state index contributed by atoms with van der Waals surface area (Å²) >= 11 is 3.28. The van der Waals surface area contributed by atoms with Crippen molar-refractivity contribution < 1.29 is 9.59 Å². The molecule has 0 aliphatic rings. The van der Waals surface area contributed by atoms with Gasteiger partial charge in [-0.25, -0.2) is 0 Å². The lowest BCUT2D eigenvalue weighted by Crippen LogP contribution is -2.46. The summed E-state index contributed by atoms with van der Waals surface area (Å²) in [7, 11) is 0. The maximum atomic E-state index is 12.1. The third kappa shape index (κ3) is 3.96. The van der Waals surface area contributed by atoms with Crippen LogP contribution < -0.4 is 11.1 Å². The topological polar surface area (TPSA) is 75.4 Å². The van der Waals surface area contributed by atoms with Crippen LogP contribution in [0.5, 0.6) is 0 Å². The second kappa shape index (κ2) is 7.28. The number of carbonyl (C=O) groups is 2. The van der Waals surface area contributed by atoms with Crippen LogP contribution in [0.4, 0.5) is 5.69 Å². The molecule has 0 radical (unpaired) electrons. The molecule has 0 bridgehead atoms. The molecule has 0 aliphatic heterocycles. The van der Waals surface area contributed by atoms with Crippen LogP contribution in [0.3, 0.4) is 0 Å². The van der Waals surface area contributed by atoms with Gasteiger partial charge in [-0.05, 0) is 39.0 Å². The predicted molar refractivity (Wildman–Crippen MR) is 83.4 cm³/mol. The van der Waals surface area contributed by atoms with Crippen LogP contribution in [0.1, 0.15) is 31.1 Å². The first kappa shape index (κ1) is 16.5. The van der Waals surface area contributed by atoms with Crippen LogP contribution in [0.25, 0.3) is 0 Å². The fraction of sp³-hybridized carbons (Fsp3) is 0.429. The summed E-state index contributed by atoms with van der Waals surface area (Å²) in [5.74, 6) is -0.443. The summed E-state index contributed by atoms with van der Waals surface area (Å²) in [5.41, 5.74) is 6.54. The number of rotatable bonds is 5. The molecule has 0 fully saturated rings. The van der Waals surface area contributed by atoms with Crippen molar-refractivity contribution in [3.8, 4) is 0 Å². The number of anilines is 1. The molecule has 0 saturated heterocycles. The minimum Gasteiger partial charge on any atom is -0.398 e. The Labute approximate surface area is 127 Å². The Kier molecular flexibility index (Phi) is 6.01. The maximum Gasteiger partial charge on any atom is 0.254 e. The fourth-order valence-corrected chi connectivity index (χ4v) is 2.26. The molecule has 1 aromatic rings. The molecule has 0 spiro atoms. The number of nitrogen functional groups attached to an aromatic ring is 1. The second-order valence-corrected chi connectivity index (χ2v) is 5.35. The number of likely N-dealkylation sites (N-methyl/N-ethyl adjacent to an activating group) is 1. The van der Waals surface area contributed by atoms with E-state index in [9.17, 15) is 9.59 Å². The zero-order valence-electron chi connectivity index (χ0n) is 11.9. The highest BCUT2D eigenvalue weighted by Gasteiger charge is 2.21. The molecule has 6 heteroatoms. The van der Waals surface area contributed by atoms with Crippen LogP contribution in [0.15, 0.2) is 22.7 Å². The average molecular weight is 342 g/mol. The lowest BCUT2D eigenvalue weighted by atomic mass is 10.1. The molecule has 1 aromatic carbocycles. The standard InChI is InChI=1S/C14H20BrN3O2/c1-4-18(5-2)14(20)9(3)17-13(19)11-7-6-10(15)8-12(11)16/h6-9H,4-5,16H2,1-3H3,(H,17,19). The quantitative estimate of drug-likeness (QED) is 0.804. The Morgan fingerprint density at radius 2 is 1.95 bits per heavy atom. The SMILES string of the molecule is CCN(CC)C(=O)C(C)NC(=O)c1ccc(Br)cc1N. The molecule has 0 heterocycles. The molecule has 110 valence electrons. The van der Waals surface area contributed by atoms with Gasteiger partial charge in [-0.2, -0.15) is 0 Å². The predicted octanol–water partition coefficient (Wildman–Crippen LogP) is 2.02. The molecule has 5 nitrogen and oxygen atoms in total. The van der Waals surface area contributed by atoms with Gasteiger partial charge in [0.2, 0.25) is 5.91 Å². The Balaban J connectivity index is 2.77. The van der Waals surface area contributed by atoms with Gasteiger partial charge in [-0.3, -0.25) is 9.59 Å². The summed E-state index contributed by atoms with van der Waals surface area (Å²) in [6.07, 6.45) is 0. The van der Waals surface area contributed by atoms with Gasteiger partial charge in [0.15, 0.2) is 0 Å². The molecule has 1 rings (SSSR count). The van der Waals surface area contributed by atoms with Crippen molar-refractivity contribution in [1.29, 1.82) is 0 Å². The van der Waals surface area contributed by atoms with Crippen LogP contribution in [0.2, 0.25) is 0 Å². The Morgan fingerprint density at radius 1 is 1.35 bits per heavy atom. The first-order valence-electron chi connectivity index (χ1n) is 6.55. The van der Waals surface area contributed by atoms with E-state index in [0.717, 1.165) is 4.47 Å². The van der Waals surface area contributed by atoms with Gasteiger partial charge in [0.25, 0.3) is 5.91 Å². The number of benzene rings is 1. The fourth-order valence-electron chi connectivity index (χ4n) is 1.89. The number of halogens is 1. The number of carbonyl (C=O) groups excluding carboxylic acids is 2. The summed E-state index contributed by atoms with van der Waals surface area (Å²) in [4.78, 5) is 25.9. The van der Waals surface area contributed by atoms with E-state index >= 15 is 0 Å². The van der Waals surface area contributed by atoms with E-state index in [2.05, 4.69) is 21.2 Å². The van der Waals surface area contributed by atoms with E-state index in [1.54, 1.807) is 30.0 Å². The van der Waals surface area contributed by atoms with Gasteiger partial charge < -0.3 is 16.0 Å². The van der Waals surface area contributed by atoms with Gasteiger partial charge in [0.05, 0.1) is 5.56 Å². The van der Waals surface area contributed by atoms with Gasteiger partial charge in [-0.1, -0.05) is 15.9 Å². The van der Waals surface area contributed by atoms with Crippen LogP contribution >= 0.6 is 15.9 Å². The van der Waals surface area contributed by atoms with Crippen molar-refractivity contribution in [2.45, 2.75) is 26.8 Å². The first-order chi connectivity index (χ1) is 9.40. The van der Waals surface area contributed by atoms with Gasteiger partial charge in [0, 0.05) is 23.2 Å².